The van der Waals surface area contributed by atoms with Gasteiger partial charge in [0.25, 0.3) is 0 Å². The van der Waals surface area contributed by atoms with Crippen LogP contribution in [0.5, 0.6) is 5.75 Å². The molecule has 0 unspecified atom stereocenters. The highest BCUT2D eigenvalue weighted by atomic mass is 35.5. The Morgan fingerprint density at radius 2 is 1.90 bits per heavy atom. The zero-order valence-electron chi connectivity index (χ0n) is 16.1. The van der Waals surface area contributed by atoms with Gasteiger partial charge in [0.1, 0.15) is 0 Å². The van der Waals surface area contributed by atoms with Crippen LogP contribution in [0.1, 0.15) is 24.1 Å². The largest absolute Gasteiger partial charge is 0.494 e. The van der Waals surface area contributed by atoms with Crippen LogP contribution in [0.4, 0.5) is 4.39 Å². The second-order valence-corrected chi connectivity index (χ2v) is 8.12. The quantitative estimate of drug-likeness (QED) is 0.319. The summed E-state index contributed by atoms with van der Waals surface area (Å²) in [7, 11) is 1.46. The summed E-state index contributed by atoms with van der Waals surface area (Å²) in [5.74, 6) is 0.487. The zero-order valence-corrected chi connectivity index (χ0v) is 17.7. The van der Waals surface area contributed by atoms with Crippen LogP contribution in [0, 0.1) is 5.82 Å². The number of aromatic nitrogens is 2. The van der Waals surface area contributed by atoms with Crippen LogP contribution in [-0.4, -0.2) is 16.7 Å². The van der Waals surface area contributed by atoms with E-state index in [9.17, 15) is 4.39 Å². The molecule has 1 heterocycles. The van der Waals surface area contributed by atoms with Crippen LogP contribution in [0.3, 0.4) is 0 Å². The Bertz CT molecular complexity index is 1150. The number of imidazole rings is 1. The Morgan fingerprint density at radius 3 is 2.62 bits per heavy atom. The first-order chi connectivity index (χ1) is 14.1. The molecule has 1 atom stereocenters. The highest BCUT2D eigenvalue weighted by molar-refractivity contribution is 7.98. The minimum absolute atomic E-state index is 0.0949. The molecule has 4 aromatic rings. The summed E-state index contributed by atoms with van der Waals surface area (Å²) < 4.78 is 21.3. The SMILES string of the molecule is COc1ccc(CSc2nc3cc(Cl)ccc3n2[C@@H](C)c2ccccc2)cc1F. The van der Waals surface area contributed by atoms with Gasteiger partial charge < -0.3 is 9.30 Å². The lowest BCUT2D eigenvalue weighted by molar-refractivity contribution is 0.386. The highest BCUT2D eigenvalue weighted by Gasteiger charge is 2.18. The van der Waals surface area contributed by atoms with Crippen LogP contribution in [0.15, 0.2) is 71.9 Å². The van der Waals surface area contributed by atoms with Gasteiger partial charge >= 0.3 is 0 Å². The zero-order chi connectivity index (χ0) is 20.4. The molecule has 0 bridgehead atoms. The van der Waals surface area contributed by atoms with E-state index in [1.807, 2.05) is 42.5 Å². The Labute approximate surface area is 178 Å². The lowest BCUT2D eigenvalue weighted by Gasteiger charge is -2.18. The molecule has 1 aromatic heterocycles. The van der Waals surface area contributed by atoms with Crippen LogP contribution in [0.25, 0.3) is 11.0 Å². The standard InChI is InChI=1S/C23H20ClFN2OS/c1-15(17-6-4-3-5-7-17)27-21-10-9-18(24)13-20(21)26-23(27)29-14-16-8-11-22(28-2)19(25)12-16/h3-13,15H,14H2,1-2H3/t15-/m0/s1. The molecule has 0 aliphatic heterocycles. The van der Waals surface area contributed by atoms with Crippen molar-refractivity contribution >= 4 is 34.4 Å². The van der Waals surface area contributed by atoms with Crippen LogP contribution >= 0.6 is 23.4 Å². The van der Waals surface area contributed by atoms with Crippen molar-refractivity contribution in [3.8, 4) is 5.75 Å². The van der Waals surface area contributed by atoms with Crippen molar-refractivity contribution in [3.05, 3.63) is 88.7 Å². The van der Waals surface area contributed by atoms with E-state index >= 15 is 0 Å². The molecule has 148 valence electrons. The predicted molar refractivity (Wildman–Crippen MR) is 118 cm³/mol. The van der Waals surface area contributed by atoms with Crippen molar-refractivity contribution in [2.45, 2.75) is 23.9 Å². The summed E-state index contributed by atoms with van der Waals surface area (Å²) >= 11 is 7.76. The maximum Gasteiger partial charge on any atom is 0.169 e. The molecule has 3 nitrogen and oxygen atoms in total. The van der Waals surface area contributed by atoms with E-state index in [1.54, 1.807) is 17.8 Å². The molecule has 0 fully saturated rings. The molecular formula is C23H20ClFN2OS. The molecule has 4 rings (SSSR count). The molecule has 0 saturated carbocycles. The van der Waals surface area contributed by atoms with Gasteiger partial charge in [0.15, 0.2) is 16.7 Å². The maximum atomic E-state index is 14.0. The van der Waals surface area contributed by atoms with Gasteiger partial charge in [-0.1, -0.05) is 59.8 Å². The van der Waals surface area contributed by atoms with Gasteiger partial charge in [0.2, 0.25) is 0 Å². The van der Waals surface area contributed by atoms with Gasteiger partial charge in [0.05, 0.1) is 24.2 Å². The molecular weight excluding hydrogens is 407 g/mol. The molecule has 0 spiro atoms. The third-order valence-corrected chi connectivity index (χ3v) is 6.13. The molecule has 0 radical (unpaired) electrons. The predicted octanol–water partition coefficient (Wildman–Crippen LogP) is 6.74. The molecule has 0 aliphatic rings. The minimum Gasteiger partial charge on any atom is -0.494 e. The number of halogens is 2. The summed E-state index contributed by atoms with van der Waals surface area (Å²) in [6, 6.07) is 21.2. The van der Waals surface area contributed by atoms with E-state index in [4.69, 9.17) is 21.3 Å². The Hall–Kier alpha value is -2.50. The molecule has 29 heavy (non-hydrogen) atoms. The molecule has 0 amide bonds. The summed E-state index contributed by atoms with van der Waals surface area (Å²) in [5, 5.41) is 1.53. The number of ether oxygens (including phenoxy) is 1. The number of hydrogen-bond acceptors (Lipinski definition) is 3. The Balaban J connectivity index is 1.70. The summed E-state index contributed by atoms with van der Waals surface area (Å²) in [6.45, 7) is 2.15. The number of benzene rings is 3. The van der Waals surface area contributed by atoms with Gasteiger partial charge in [-0.15, -0.1) is 0 Å². The average Bonchev–Trinajstić information content (AvgIpc) is 3.09. The second kappa shape index (κ2) is 8.47. The Morgan fingerprint density at radius 1 is 1.10 bits per heavy atom. The van der Waals surface area contributed by atoms with Gasteiger partial charge in [-0.3, -0.25) is 0 Å². The van der Waals surface area contributed by atoms with Crippen molar-refractivity contribution in [1.82, 2.24) is 9.55 Å². The summed E-state index contributed by atoms with van der Waals surface area (Å²) in [6.07, 6.45) is 0. The van der Waals surface area contributed by atoms with Gasteiger partial charge in [0, 0.05) is 10.8 Å². The van der Waals surface area contributed by atoms with E-state index in [1.165, 1.54) is 18.7 Å². The lowest BCUT2D eigenvalue weighted by atomic mass is 10.1. The first-order valence-corrected chi connectivity index (χ1v) is 10.6. The van der Waals surface area contributed by atoms with E-state index in [0.717, 1.165) is 21.8 Å². The number of hydrogen-bond donors (Lipinski definition) is 0. The normalized spacial score (nSPS) is 12.3. The van der Waals surface area contributed by atoms with Crippen molar-refractivity contribution in [2.75, 3.05) is 7.11 Å². The Kier molecular flexibility index (Phi) is 5.79. The van der Waals surface area contributed by atoms with Crippen molar-refractivity contribution in [3.63, 3.8) is 0 Å². The smallest absolute Gasteiger partial charge is 0.169 e. The third kappa shape index (κ3) is 4.11. The van der Waals surface area contributed by atoms with Gasteiger partial charge in [-0.05, 0) is 48.4 Å². The van der Waals surface area contributed by atoms with Crippen molar-refractivity contribution in [1.29, 1.82) is 0 Å². The van der Waals surface area contributed by atoms with Crippen LogP contribution < -0.4 is 4.74 Å². The van der Waals surface area contributed by atoms with E-state index in [-0.39, 0.29) is 17.6 Å². The monoisotopic (exact) mass is 426 g/mol. The average molecular weight is 427 g/mol. The van der Waals surface area contributed by atoms with Gasteiger partial charge in [-0.2, -0.15) is 0 Å². The maximum absolute atomic E-state index is 14.0. The fourth-order valence-electron chi connectivity index (χ4n) is 3.35. The minimum atomic E-state index is -0.358. The summed E-state index contributed by atoms with van der Waals surface area (Å²) in [4.78, 5) is 4.81. The van der Waals surface area contributed by atoms with E-state index < -0.39 is 0 Å². The molecule has 6 heteroatoms. The highest BCUT2D eigenvalue weighted by Crippen LogP contribution is 2.34. The first-order valence-electron chi connectivity index (χ1n) is 9.24. The summed E-state index contributed by atoms with van der Waals surface area (Å²) in [5.41, 5.74) is 3.94. The number of thioether (sulfide) groups is 1. The molecule has 3 aromatic carbocycles. The number of methoxy groups -OCH3 is 1. The third-order valence-electron chi connectivity index (χ3n) is 4.87. The van der Waals surface area contributed by atoms with Crippen LogP contribution in [0.2, 0.25) is 5.02 Å². The molecule has 0 N–H and O–H groups in total. The van der Waals surface area contributed by atoms with E-state index in [2.05, 4.69) is 23.6 Å². The lowest BCUT2D eigenvalue weighted by Crippen LogP contribution is -2.08. The van der Waals surface area contributed by atoms with Gasteiger partial charge in [-0.25, -0.2) is 9.37 Å². The fraction of sp³-hybridized carbons (Fsp3) is 0.174. The second-order valence-electron chi connectivity index (χ2n) is 6.74. The first kappa shape index (κ1) is 19.8. The van der Waals surface area contributed by atoms with E-state index in [0.29, 0.717) is 10.8 Å². The fourth-order valence-corrected chi connectivity index (χ4v) is 4.55. The number of nitrogens with zero attached hydrogens (tertiary/aromatic N) is 2. The molecule has 0 aliphatic carbocycles. The number of rotatable bonds is 6. The van der Waals surface area contributed by atoms with Crippen molar-refractivity contribution < 1.29 is 9.13 Å². The topological polar surface area (TPSA) is 27.1 Å². The van der Waals surface area contributed by atoms with Crippen molar-refractivity contribution in [2.24, 2.45) is 0 Å². The number of fused-ring (bicyclic) bond motifs is 1. The van der Waals surface area contributed by atoms with Crippen LogP contribution in [-0.2, 0) is 5.75 Å². The molecule has 0 saturated heterocycles.